The molecular formula is C14H23NO. The van der Waals surface area contributed by atoms with Crippen molar-refractivity contribution in [3.63, 3.8) is 0 Å². The Labute approximate surface area is 99.0 Å². The van der Waals surface area contributed by atoms with Gasteiger partial charge in [0, 0.05) is 6.54 Å². The van der Waals surface area contributed by atoms with Crippen LogP contribution < -0.4 is 10.1 Å². The van der Waals surface area contributed by atoms with Gasteiger partial charge in [0.2, 0.25) is 0 Å². The number of rotatable bonds is 4. The van der Waals surface area contributed by atoms with E-state index < -0.39 is 0 Å². The largest absolute Gasteiger partial charge is 0.492 e. The topological polar surface area (TPSA) is 21.3 Å². The molecule has 1 rings (SSSR count). The average Bonchev–Trinajstić information content (AvgIpc) is 2.19. The van der Waals surface area contributed by atoms with Gasteiger partial charge in [-0.25, -0.2) is 0 Å². The van der Waals surface area contributed by atoms with Crippen LogP contribution in [0.15, 0.2) is 18.2 Å². The van der Waals surface area contributed by atoms with Gasteiger partial charge in [0.05, 0.1) is 0 Å². The zero-order chi connectivity index (χ0) is 12.2. The van der Waals surface area contributed by atoms with E-state index in [9.17, 15) is 0 Å². The highest BCUT2D eigenvalue weighted by molar-refractivity contribution is 5.41. The Hall–Kier alpha value is -1.02. The van der Waals surface area contributed by atoms with Gasteiger partial charge in [0.15, 0.2) is 0 Å². The lowest BCUT2D eigenvalue weighted by Crippen LogP contribution is -2.19. The van der Waals surface area contributed by atoms with Crippen molar-refractivity contribution in [2.45, 2.75) is 33.1 Å². The van der Waals surface area contributed by atoms with Crippen LogP contribution in [-0.2, 0) is 5.41 Å². The molecule has 16 heavy (non-hydrogen) atoms. The number of nitrogens with one attached hydrogen (secondary N) is 1. The Balaban J connectivity index is 2.90. The second kappa shape index (κ2) is 5.35. The third-order valence-corrected chi connectivity index (χ3v) is 2.55. The van der Waals surface area contributed by atoms with E-state index in [0.717, 1.165) is 12.3 Å². The quantitative estimate of drug-likeness (QED) is 0.789. The maximum atomic E-state index is 5.80. The van der Waals surface area contributed by atoms with Crippen molar-refractivity contribution >= 4 is 0 Å². The molecule has 0 radical (unpaired) electrons. The van der Waals surface area contributed by atoms with Crippen LogP contribution in [0.25, 0.3) is 0 Å². The lowest BCUT2D eigenvalue weighted by molar-refractivity contribution is 0.309. The maximum Gasteiger partial charge on any atom is 0.123 e. The van der Waals surface area contributed by atoms with E-state index in [4.69, 9.17) is 4.74 Å². The fourth-order valence-electron chi connectivity index (χ4n) is 1.62. The number of ether oxygens (including phenoxy) is 1. The van der Waals surface area contributed by atoms with Crippen LogP contribution in [0, 0.1) is 6.92 Å². The molecule has 0 unspecified atom stereocenters. The van der Waals surface area contributed by atoms with Crippen molar-refractivity contribution in [1.29, 1.82) is 0 Å². The molecule has 2 nitrogen and oxygen atoms in total. The molecule has 1 aromatic rings. The van der Waals surface area contributed by atoms with E-state index in [2.05, 4.69) is 51.2 Å². The normalized spacial score (nSPS) is 11.6. The van der Waals surface area contributed by atoms with Crippen LogP contribution in [0.2, 0.25) is 0 Å². The summed E-state index contributed by atoms with van der Waals surface area (Å²) < 4.78 is 5.80. The molecule has 0 heterocycles. The molecule has 0 saturated carbocycles. The molecular weight excluding hydrogens is 198 g/mol. The van der Waals surface area contributed by atoms with E-state index in [1.165, 1.54) is 11.1 Å². The molecule has 1 N–H and O–H groups in total. The van der Waals surface area contributed by atoms with Crippen LogP contribution in [0.4, 0.5) is 0 Å². The highest BCUT2D eigenvalue weighted by Crippen LogP contribution is 2.31. The molecule has 0 aliphatic rings. The van der Waals surface area contributed by atoms with Crippen LogP contribution in [0.3, 0.4) is 0 Å². The van der Waals surface area contributed by atoms with Gasteiger partial charge in [-0.15, -0.1) is 0 Å². The predicted molar refractivity (Wildman–Crippen MR) is 69.3 cm³/mol. The standard InChI is InChI=1S/C14H23NO/c1-11-6-7-13(16-9-8-15-5)12(10-11)14(2,3)4/h6-7,10,15H,8-9H2,1-5H3. The minimum Gasteiger partial charge on any atom is -0.492 e. The molecule has 0 atom stereocenters. The number of hydrogen-bond acceptors (Lipinski definition) is 2. The van der Waals surface area contributed by atoms with Gasteiger partial charge >= 0.3 is 0 Å². The molecule has 1 aromatic carbocycles. The summed E-state index contributed by atoms with van der Waals surface area (Å²) in [6, 6.07) is 6.39. The maximum absolute atomic E-state index is 5.80. The highest BCUT2D eigenvalue weighted by atomic mass is 16.5. The molecule has 2 heteroatoms. The molecule has 0 aromatic heterocycles. The SMILES string of the molecule is CNCCOc1ccc(C)cc1C(C)(C)C. The first-order chi connectivity index (χ1) is 7.45. The van der Waals surface area contributed by atoms with Crippen LogP contribution >= 0.6 is 0 Å². The van der Waals surface area contributed by atoms with Crippen molar-refractivity contribution in [2.75, 3.05) is 20.2 Å². The molecule has 0 aliphatic heterocycles. The van der Waals surface area contributed by atoms with E-state index in [-0.39, 0.29) is 5.41 Å². The summed E-state index contributed by atoms with van der Waals surface area (Å²) in [7, 11) is 1.93. The first kappa shape index (κ1) is 13.0. The van der Waals surface area contributed by atoms with Gasteiger partial charge in [-0.05, 0) is 31.0 Å². The van der Waals surface area contributed by atoms with E-state index in [0.29, 0.717) is 6.61 Å². The molecule has 0 bridgehead atoms. The van der Waals surface area contributed by atoms with Gasteiger partial charge < -0.3 is 10.1 Å². The number of benzene rings is 1. The van der Waals surface area contributed by atoms with Gasteiger partial charge in [0.1, 0.15) is 12.4 Å². The zero-order valence-corrected chi connectivity index (χ0v) is 11.1. The predicted octanol–water partition coefficient (Wildman–Crippen LogP) is 2.89. The summed E-state index contributed by atoms with van der Waals surface area (Å²) in [4.78, 5) is 0. The first-order valence-corrected chi connectivity index (χ1v) is 5.83. The zero-order valence-electron chi connectivity index (χ0n) is 11.1. The molecule has 0 aliphatic carbocycles. The fraction of sp³-hybridized carbons (Fsp3) is 0.571. The Morgan fingerprint density at radius 3 is 2.50 bits per heavy atom. The highest BCUT2D eigenvalue weighted by Gasteiger charge is 2.18. The van der Waals surface area contributed by atoms with Crippen LogP contribution in [0.5, 0.6) is 5.75 Å². The van der Waals surface area contributed by atoms with Crippen molar-refractivity contribution in [2.24, 2.45) is 0 Å². The second-order valence-corrected chi connectivity index (χ2v) is 5.20. The lowest BCUT2D eigenvalue weighted by atomic mass is 9.85. The summed E-state index contributed by atoms with van der Waals surface area (Å²) in [6.07, 6.45) is 0. The van der Waals surface area contributed by atoms with Crippen molar-refractivity contribution in [3.8, 4) is 5.75 Å². The fourth-order valence-corrected chi connectivity index (χ4v) is 1.62. The van der Waals surface area contributed by atoms with Crippen molar-refractivity contribution in [1.82, 2.24) is 5.32 Å². The summed E-state index contributed by atoms with van der Waals surface area (Å²) in [5.74, 6) is 1.01. The van der Waals surface area contributed by atoms with Crippen molar-refractivity contribution in [3.05, 3.63) is 29.3 Å². The van der Waals surface area contributed by atoms with E-state index >= 15 is 0 Å². The minimum absolute atomic E-state index is 0.126. The average molecular weight is 221 g/mol. The van der Waals surface area contributed by atoms with Crippen molar-refractivity contribution < 1.29 is 4.74 Å². The Morgan fingerprint density at radius 1 is 1.25 bits per heavy atom. The van der Waals surface area contributed by atoms with E-state index in [1.54, 1.807) is 0 Å². The molecule has 0 spiro atoms. The monoisotopic (exact) mass is 221 g/mol. The molecule has 0 fully saturated rings. The molecule has 0 saturated heterocycles. The van der Waals surface area contributed by atoms with Crippen LogP contribution in [-0.4, -0.2) is 20.2 Å². The molecule has 0 amide bonds. The van der Waals surface area contributed by atoms with Gasteiger partial charge in [0.25, 0.3) is 0 Å². The summed E-state index contributed by atoms with van der Waals surface area (Å²) >= 11 is 0. The minimum atomic E-state index is 0.126. The number of likely N-dealkylation sites (N-methyl/N-ethyl adjacent to an activating group) is 1. The third-order valence-electron chi connectivity index (χ3n) is 2.55. The second-order valence-electron chi connectivity index (χ2n) is 5.20. The number of aryl methyl sites for hydroxylation is 1. The summed E-state index contributed by atoms with van der Waals surface area (Å²) in [6.45, 7) is 10.3. The summed E-state index contributed by atoms with van der Waals surface area (Å²) in [5, 5.41) is 3.08. The lowest BCUT2D eigenvalue weighted by Gasteiger charge is -2.23. The first-order valence-electron chi connectivity index (χ1n) is 5.83. The van der Waals surface area contributed by atoms with E-state index in [1.807, 2.05) is 7.05 Å². The van der Waals surface area contributed by atoms with Crippen LogP contribution in [0.1, 0.15) is 31.9 Å². The Kier molecular flexibility index (Phi) is 4.36. The summed E-state index contributed by atoms with van der Waals surface area (Å²) in [5.41, 5.74) is 2.69. The van der Waals surface area contributed by atoms with Gasteiger partial charge in [-0.2, -0.15) is 0 Å². The smallest absolute Gasteiger partial charge is 0.123 e. The van der Waals surface area contributed by atoms with Gasteiger partial charge in [-0.1, -0.05) is 38.5 Å². The van der Waals surface area contributed by atoms with Gasteiger partial charge in [-0.3, -0.25) is 0 Å². The third kappa shape index (κ3) is 3.53. The Bertz CT molecular complexity index is 339. The Morgan fingerprint density at radius 2 is 1.94 bits per heavy atom. The molecule has 90 valence electrons. The number of hydrogen-bond donors (Lipinski definition) is 1.